The second kappa shape index (κ2) is 3.61. The lowest BCUT2D eigenvalue weighted by Crippen LogP contribution is -2.35. The van der Waals surface area contributed by atoms with E-state index < -0.39 is 0 Å². The highest BCUT2D eigenvalue weighted by Crippen LogP contribution is 2.36. The standard InChI is InChI=1S/C11H19N/c1-2-3-9-4-5-10(9)8-12-11-6-7-11/h2,9-12H,1,3-8H2. The van der Waals surface area contributed by atoms with Gasteiger partial charge >= 0.3 is 0 Å². The summed E-state index contributed by atoms with van der Waals surface area (Å²) in [4.78, 5) is 0. The zero-order chi connectivity index (χ0) is 8.39. The van der Waals surface area contributed by atoms with Crippen LogP contribution in [0.1, 0.15) is 32.1 Å². The number of hydrogen-bond donors (Lipinski definition) is 1. The van der Waals surface area contributed by atoms with E-state index in [1.165, 1.54) is 38.6 Å². The molecule has 0 amide bonds. The summed E-state index contributed by atoms with van der Waals surface area (Å²) in [6, 6.07) is 0.884. The van der Waals surface area contributed by atoms with Crippen molar-refractivity contribution in [3.8, 4) is 0 Å². The van der Waals surface area contributed by atoms with Gasteiger partial charge in [-0.15, -0.1) is 6.58 Å². The van der Waals surface area contributed by atoms with Crippen molar-refractivity contribution < 1.29 is 0 Å². The van der Waals surface area contributed by atoms with E-state index in [9.17, 15) is 0 Å². The van der Waals surface area contributed by atoms with E-state index in [4.69, 9.17) is 0 Å². The van der Waals surface area contributed by atoms with Gasteiger partial charge in [-0.2, -0.15) is 0 Å². The fourth-order valence-corrected chi connectivity index (χ4v) is 2.04. The van der Waals surface area contributed by atoms with E-state index in [0.29, 0.717) is 0 Å². The largest absolute Gasteiger partial charge is 0.314 e. The number of hydrogen-bond acceptors (Lipinski definition) is 1. The second-order valence-corrected chi connectivity index (χ2v) is 4.30. The van der Waals surface area contributed by atoms with Gasteiger partial charge in [-0.1, -0.05) is 6.08 Å². The number of nitrogens with one attached hydrogen (secondary N) is 1. The lowest BCUT2D eigenvalue weighted by molar-refractivity contribution is 0.173. The Bertz CT molecular complexity index is 160. The molecule has 1 heteroatoms. The van der Waals surface area contributed by atoms with Gasteiger partial charge in [-0.05, 0) is 50.5 Å². The van der Waals surface area contributed by atoms with Crippen molar-refractivity contribution >= 4 is 0 Å². The summed E-state index contributed by atoms with van der Waals surface area (Å²) < 4.78 is 0. The quantitative estimate of drug-likeness (QED) is 0.617. The maximum absolute atomic E-state index is 3.80. The maximum Gasteiger partial charge on any atom is 0.00683 e. The Labute approximate surface area is 75.2 Å². The van der Waals surface area contributed by atoms with Crippen molar-refractivity contribution in [3.63, 3.8) is 0 Å². The molecule has 0 bridgehead atoms. The molecule has 2 rings (SSSR count). The molecule has 2 aliphatic carbocycles. The van der Waals surface area contributed by atoms with Crippen LogP contribution in [0, 0.1) is 11.8 Å². The van der Waals surface area contributed by atoms with Crippen molar-refractivity contribution in [1.82, 2.24) is 5.32 Å². The van der Waals surface area contributed by atoms with Gasteiger partial charge < -0.3 is 5.32 Å². The van der Waals surface area contributed by atoms with Gasteiger partial charge in [0.2, 0.25) is 0 Å². The molecule has 2 unspecified atom stereocenters. The third kappa shape index (κ3) is 1.89. The van der Waals surface area contributed by atoms with Crippen LogP contribution in [0.2, 0.25) is 0 Å². The summed E-state index contributed by atoms with van der Waals surface area (Å²) >= 11 is 0. The summed E-state index contributed by atoms with van der Waals surface area (Å²) in [5, 5.41) is 3.61. The monoisotopic (exact) mass is 165 g/mol. The van der Waals surface area contributed by atoms with Crippen molar-refractivity contribution in [3.05, 3.63) is 12.7 Å². The molecule has 0 radical (unpaired) electrons. The molecule has 0 heterocycles. The van der Waals surface area contributed by atoms with Crippen LogP contribution in [0.25, 0.3) is 0 Å². The van der Waals surface area contributed by atoms with Crippen LogP contribution in [0.15, 0.2) is 12.7 Å². The van der Waals surface area contributed by atoms with E-state index in [2.05, 4.69) is 18.0 Å². The van der Waals surface area contributed by atoms with Crippen LogP contribution in [-0.2, 0) is 0 Å². The fraction of sp³-hybridized carbons (Fsp3) is 0.818. The van der Waals surface area contributed by atoms with E-state index in [-0.39, 0.29) is 0 Å². The SMILES string of the molecule is C=CCC1CCC1CNC1CC1. The van der Waals surface area contributed by atoms with Crippen LogP contribution in [-0.4, -0.2) is 12.6 Å². The Hall–Kier alpha value is -0.300. The average molecular weight is 165 g/mol. The highest BCUT2D eigenvalue weighted by atomic mass is 14.9. The first-order valence-electron chi connectivity index (χ1n) is 5.24. The fourth-order valence-electron chi connectivity index (χ4n) is 2.04. The van der Waals surface area contributed by atoms with Gasteiger partial charge in [0.15, 0.2) is 0 Å². The third-order valence-corrected chi connectivity index (χ3v) is 3.29. The highest BCUT2D eigenvalue weighted by Gasteiger charge is 2.31. The van der Waals surface area contributed by atoms with Crippen molar-refractivity contribution in [2.75, 3.05) is 6.54 Å². The maximum atomic E-state index is 3.80. The summed E-state index contributed by atoms with van der Waals surface area (Å²) in [6.45, 7) is 5.07. The Kier molecular flexibility index (Phi) is 2.50. The van der Waals surface area contributed by atoms with E-state index in [1.54, 1.807) is 0 Å². The molecule has 0 spiro atoms. The molecule has 68 valence electrons. The van der Waals surface area contributed by atoms with Crippen LogP contribution in [0.3, 0.4) is 0 Å². The Morgan fingerprint density at radius 2 is 1.92 bits per heavy atom. The van der Waals surface area contributed by atoms with Gasteiger partial charge in [0.05, 0.1) is 0 Å². The topological polar surface area (TPSA) is 12.0 Å². The molecule has 0 aromatic carbocycles. The van der Waals surface area contributed by atoms with Gasteiger partial charge in [0, 0.05) is 6.04 Å². The first kappa shape index (κ1) is 8.31. The van der Waals surface area contributed by atoms with E-state index in [1.807, 2.05) is 0 Å². The van der Waals surface area contributed by atoms with Gasteiger partial charge in [-0.3, -0.25) is 0 Å². The molecular formula is C11H19N. The lowest BCUT2D eigenvalue weighted by atomic mass is 9.72. The first-order valence-corrected chi connectivity index (χ1v) is 5.24. The second-order valence-electron chi connectivity index (χ2n) is 4.30. The van der Waals surface area contributed by atoms with Crippen molar-refractivity contribution in [2.45, 2.75) is 38.1 Å². The molecule has 2 aliphatic rings. The minimum Gasteiger partial charge on any atom is -0.314 e. The summed E-state index contributed by atoms with van der Waals surface area (Å²) in [7, 11) is 0. The zero-order valence-electron chi connectivity index (χ0n) is 7.76. The first-order chi connectivity index (χ1) is 5.90. The van der Waals surface area contributed by atoms with Gasteiger partial charge in [0.25, 0.3) is 0 Å². The van der Waals surface area contributed by atoms with Crippen molar-refractivity contribution in [2.24, 2.45) is 11.8 Å². The molecule has 12 heavy (non-hydrogen) atoms. The minimum atomic E-state index is 0.884. The van der Waals surface area contributed by atoms with E-state index >= 15 is 0 Å². The number of rotatable bonds is 5. The van der Waals surface area contributed by atoms with Crippen molar-refractivity contribution in [1.29, 1.82) is 0 Å². The third-order valence-electron chi connectivity index (χ3n) is 3.29. The molecule has 0 aromatic heterocycles. The molecule has 0 aromatic rings. The van der Waals surface area contributed by atoms with Crippen LogP contribution >= 0.6 is 0 Å². The lowest BCUT2D eigenvalue weighted by Gasteiger charge is -2.36. The molecule has 2 atom stereocenters. The molecule has 0 saturated heterocycles. The number of allylic oxidation sites excluding steroid dienone is 1. The van der Waals surface area contributed by atoms with Crippen LogP contribution < -0.4 is 5.32 Å². The zero-order valence-corrected chi connectivity index (χ0v) is 7.76. The highest BCUT2D eigenvalue weighted by molar-refractivity contribution is 4.89. The molecule has 2 fully saturated rings. The van der Waals surface area contributed by atoms with Crippen LogP contribution in [0.4, 0.5) is 0 Å². The Balaban J connectivity index is 1.62. The normalized spacial score (nSPS) is 34.3. The summed E-state index contributed by atoms with van der Waals surface area (Å²) in [5.41, 5.74) is 0. The predicted octanol–water partition coefficient (Wildman–Crippen LogP) is 2.34. The molecule has 2 saturated carbocycles. The predicted molar refractivity (Wildman–Crippen MR) is 52.1 cm³/mol. The molecule has 0 aliphatic heterocycles. The Morgan fingerprint density at radius 1 is 1.17 bits per heavy atom. The molecular weight excluding hydrogens is 146 g/mol. The summed E-state index contributed by atoms with van der Waals surface area (Å²) in [6.07, 6.45) is 9.02. The minimum absolute atomic E-state index is 0.884. The smallest absolute Gasteiger partial charge is 0.00683 e. The average Bonchev–Trinajstić information content (AvgIpc) is 2.82. The molecule has 1 nitrogen and oxygen atoms in total. The van der Waals surface area contributed by atoms with Gasteiger partial charge in [0.1, 0.15) is 0 Å². The molecule has 1 N–H and O–H groups in total. The Morgan fingerprint density at radius 3 is 2.42 bits per heavy atom. The van der Waals surface area contributed by atoms with Gasteiger partial charge in [-0.25, -0.2) is 0 Å². The summed E-state index contributed by atoms with van der Waals surface area (Å²) in [5.74, 6) is 1.91. The van der Waals surface area contributed by atoms with E-state index in [0.717, 1.165) is 17.9 Å². The van der Waals surface area contributed by atoms with Crippen LogP contribution in [0.5, 0.6) is 0 Å².